The van der Waals surface area contributed by atoms with Gasteiger partial charge in [0.1, 0.15) is 0 Å². The third kappa shape index (κ3) is 2.39. The third-order valence-corrected chi connectivity index (χ3v) is 2.02. The van der Waals surface area contributed by atoms with E-state index in [2.05, 4.69) is 6.92 Å². The first kappa shape index (κ1) is 8.34. The maximum atomic E-state index is 5.57. The summed E-state index contributed by atoms with van der Waals surface area (Å²) in [6.07, 6.45) is 5.68. The van der Waals surface area contributed by atoms with Gasteiger partial charge >= 0.3 is 0 Å². The molecule has 62 valence electrons. The molecule has 0 bridgehead atoms. The van der Waals surface area contributed by atoms with Crippen LogP contribution in [0.25, 0.3) is 0 Å². The number of nitrogens with two attached hydrogens (primary N) is 1. The molecule has 2 N–H and O–H groups in total. The van der Waals surface area contributed by atoms with Crippen molar-refractivity contribution in [2.24, 2.45) is 11.7 Å². The van der Waals surface area contributed by atoms with Crippen LogP contribution in [0.5, 0.6) is 0 Å². The summed E-state index contributed by atoms with van der Waals surface area (Å²) in [5.41, 5.74) is 6.82. The zero-order chi connectivity index (χ0) is 8.10. The van der Waals surface area contributed by atoms with E-state index >= 15 is 0 Å². The lowest BCUT2D eigenvalue weighted by Gasteiger charge is -2.09. The summed E-state index contributed by atoms with van der Waals surface area (Å²) in [5.74, 6) is 0.604. The van der Waals surface area contributed by atoms with Crippen LogP contribution >= 0.6 is 0 Å². The minimum atomic E-state index is 0.604. The SMILES string of the molecule is CCC(CN)Cc1ccoc1. The van der Waals surface area contributed by atoms with Gasteiger partial charge in [-0.15, -0.1) is 0 Å². The molecule has 11 heavy (non-hydrogen) atoms. The summed E-state index contributed by atoms with van der Waals surface area (Å²) >= 11 is 0. The molecule has 0 saturated heterocycles. The highest BCUT2D eigenvalue weighted by atomic mass is 16.3. The normalized spacial score (nSPS) is 13.3. The number of hydrogen-bond donors (Lipinski definition) is 1. The maximum absolute atomic E-state index is 5.57. The molecule has 0 radical (unpaired) electrons. The van der Waals surface area contributed by atoms with Crippen molar-refractivity contribution in [1.82, 2.24) is 0 Å². The Morgan fingerprint density at radius 3 is 2.91 bits per heavy atom. The van der Waals surface area contributed by atoms with E-state index in [1.807, 2.05) is 6.07 Å². The molecule has 0 aliphatic heterocycles. The fraction of sp³-hybridized carbons (Fsp3) is 0.556. The highest BCUT2D eigenvalue weighted by molar-refractivity contribution is 5.06. The van der Waals surface area contributed by atoms with Crippen LogP contribution in [0.2, 0.25) is 0 Å². The summed E-state index contributed by atoms with van der Waals surface area (Å²) in [6.45, 7) is 2.93. The molecule has 0 fully saturated rings. The first-order chi connectivity index (χ1) is 5.36. The fourth-order valence-corrected chi connectivity index (χ4v) is 1.14. The van der Waals surface area contributed by atoms with Gasteiger partial charge in [-0.1, -0.05) is 13.3 Å². The van der Waals surface area contributed by atoms with Crippen molar-refractivity contribution in [3.63, 3.8) is 0 Å². The Balaban J connectivity index is 2.41. The smallest absolute Gasteiger partial charge is 0.0934 e. The van der Waals surface area contributed by atoms with Gasteiger partial charge in [0.05, 0.1) is 12.5 Å². The Labute approximate surface area is 67.4 Å². The van der Waals surface area contributed by atoms with Crippen molar-refractivity contribution in [3.05, 3.63) is 24.2 Å². The Hall–Kier alpha value is -0.760. The zero-order valence-electron chi connectivity index (χ0n) is 6.92. The number of rotatable bonds is 4. The molecule has 1 rings (SSSR count). The van der Waals surface area contributed by atoms with Crippen molar-refractivity contribution >= 4 is 0 Å². The molecule has 2 heteroatoms. The Bertz CT molecular complexity index is 177. The molecule has 1 atom stereocenters. The topological polar surface area (TPSA) is 39.2 Å². The minimum absolute atomic E-state index is 0.604. The van der Waals surface area contributed by atoms with Crippen molar-refractivity contribution in [3.8, 4) is 0 Å². The summed E-state index contributed by atoms with van der Waals surface area (Å²) in [7, 11) is 0. The fourth-order valence-electron chi connectivity index (χ4n) is 1.14. The largest absolute Gasteiger partial charge is 0.472 e. The van der Waals surface area contributed by atoms with E-state index in [1.54, 1.807) is 12.5 Å². The molecular formula is C9H15NO. The molecule has 1 heterocycles. The van der Waals surface area contributed by atoms with Gasteiger partial charge in [0, 0.05) is 0 Å². The number of furan rings is 1. The molecule has 0 saturated carbocycles. The molecule has 0 aliphatic carbocycles. The predicted molar refractivity (Wildman–Crippen MR) is 45.2 cm³/mol. The lowest BCUT2D eigenvalue weighted by molar-refractivity contribution is 0.510. The zero-order valence-corrected chi connectivity index (χ0v) is 6.92. The second-order valence-corrected chi connectivity index (χ2v) is 2.85. The van der Waals surface area contributed by atoms with Gasteiger partial charge in [-0.3, -0.25) is 0 Å². The molecule has 0 aliphatic rings. The van der Waals surface area contributed by atoms with Crippen LogP contribution in [-0.2, 0) is 6.42 Å². The molecular weight excluding hydrogens is 138 g/mol. The van der Waals surface area contributed by atoms with Crippen molar-refractivity contribution < 1.29 is 4.42 Å². The van der Waals surface area contributed by atoms with Gasteiger partial charge in [0.15, 0.2) is 0 Å². The monoisotopic (exact) mass is 153 g/mol. The average molecular weight is 153 g/mol. The van der Waals surface area contributed by atoms with Crippen LogP contribution in [0.15, 0.2) is 23.0 Å². The van der Waals surface area contributed by atoms with E-state index in [9.17, 15) is 0 Å². The van der Waals surface area contributed by atoms with Crippen LogP contribution in [-0.4, -0.2) is 6.54 Å². The minimum Gasteiger partial charge on any atom is -0.472 e. The van der Waals surface area contributed by atoms with Crippen molar-refractivity contribution in [2.75, 3.05) is 6.54 Å². The Morgan fingerprint density at radius 1 is 1.64 bits per heavy atom. The second kappa shape index (κ2) is 4.19. The van der Waals surface area contributed by atoms with E-state index in [1.165, 1.54) is 5.56 Å². The summed E-state index contributed by atoms with van der Waals surface area (Å²) in [6, 6.07) is 2.00. The summed E-state index contributed by atoms with van der Waals surface area (Å²) in [4.78, 5) is 0. The highest BCUT2D eigenvalue weighted by Gasteiger charge is 2.04. The van der Waals surface area contributed by atoms with E-state index in [0.717, 1.165) is 19.4 Å². The summed E-state index contributed by atoms with van der Waals surface area (Å²) < 4.78 is 4.96. The Morgan fingerprint density at radius 2 is 2.45 bits per heavy atom. The van der Waals surface area contributed by atoms with Crippen LogP contribution in [0.1, 0.15) is 18.9 Å². The molecule has 1 aromatic rings. The van der Waals surface area contributed by atoms with Gasteiger partial charge in [-0.25, -0.2) is 0 Å². The first-order valence-electron chi connectivity index (χ1n) is 4.08. The van der Waals surface area contributed by atoms with Gasteiger partial charge in [-0.05, 0) is 30.5 Å². The van der Waals surface area contributed by atoms with Crippen LogP contribution in [0.3, 0.4) is 0 Å². The van der Waals surface area contributed by atoms with Gasteiger partial charge < -0.3 is 10.2 Å². The van der Waals surface area contributed by atoms with Crippen LogP contribution in [0.4, 0.5) is 0 Å². The molecule has 0 spiro atoms. The number of hydrogen-bond acceptors (Lipinski definition) is 2. The maximum Gasteiger partial charge on any atom is 0.0934 e. The second-order valence-electron chi connectivity index (χ2n) is 2.85. The molecule has 1 unspecified atom stereocenters. The molecule has 0 amide bonds. The first-order valence-corrected chi connectivity index (χ1v) is 4.08. The van der Waals surface area contributed by atoms with Gasteiger partial charge in [-0.2, -0.15) is 0 Å². The predicted octanol–water partition coefficient (Wildman–Crippen LogP) is 1.81. The van der Waals surface area contributed by atoms with Gasteiger partial charge in [0.25, 0.3) is 0 Å². The van der Waals surface area contributed by atoms with Crippen molar-refractivity contribution in [1.29, 1.82) is 0 Å². The van der Waals surface area contributed by atoms with E-state index in [0.29, 0.717) is 5.92 Å². The van der Waals surface area contributed by atoms with E-state index < -0.39 is 0 Å². The standard InChI is InChI=1S/C9H15NO/c1-2-8(6-10)5-9-3-4-11-7-9/h3-4,7-8H,2,5-6,10H2,1H3. The van der Waals surface area contributed by atoms with E-state index in [-0.39, 0.29) is 0 Å². The van der Waals surface area contributed by atoms with Crippen LogP contribution < -0.4 is 5.73 Å². The summed E-state index contributed by atoms with van der Waals surface area (Å²) in [5, 5.41) is 0. The quantitative estimate of drug-likeness (QED) is 0.716. The highest BCUT2D eigenvalue weighted by Crippen LogP contribution is 2.10. The average Bonchev–Trinajstić information content (AvgIpc) is 2.52. The lowest BCUT2D eigenvalue weighted by atomic mass is 9.99. The lowest BCUT2D eigenvalue weighted by Crippen LogP contribution is -2.15. The molecule has 0 aromatic carbocycles. The van der Waals surface area contributed by atoms with Crippen LogP contribution in [0, 0.1) is 5.92 Å². The third-order valence-electron chi connectivity index (χ3n) is 2.02. The molecule has 1 aromatic heterocycles. The Kier molecular flexibility index (Phi) is 3.17. The van der Waals surface area contributed by atoms with E-state index in [4.69, 9.17) is 10.2 Å². The van der Waals surface area contributed by atoms with Gasteiger partial charge in [0.2, 0.25) is 0 Å². The van der Waals surface area contributed by atoms with Crippen molar-refractivity contribution in [2.45, 2.75) is 19.8 Å². The molecule has 2 nitrogen and oxygen atoms in total.